The van der Waals surface area contributed by atoms with Gasteiger partial charge in [-0.2, -0.15) is 4.98 Å². The average molecular weight is 436 g/mol. The molecule has 0 fully saturated rings. The molecule has 0 aliphatic heterocycles. The van der Waals surface area contributed by atoms with Crippen molar-refractivity contribution in [3.63, 3.8) is 0 Å². The number of carbonyl (C=O) groups is 1. The Hall–Kier alpha value is -3.79. The highest BCUT2D eigenvalue weighted by atomic mass is 32.1. The van der Waals surface area contributed by atoms with Crippen molar-refractivity contribution < 1.29 is 9.72 Å². The molecule has 0 aliphatic carbocycles. The van der Waals surface area contributed by atoms with E-state index in [4.69, 9.17) is 0 Å². The summed E-state index contributed by atoms with van der Waals surface area (Å²) in [6.07, 6.45) is 0. The SMILES string of the molecule is Cc1ccc(-c2csc3nc(NC(=O)c4ccc(N(C)C)c([N+](=O)[O-])c4)nn23)c(C)c1. The van der Waals surface area contributed by atoms with Crippen LogP contribution in [-0.2, 0) is 0 Å². The van der Waals surface area contributed by atoms with Gasteiger partial charge in [0.15, 0.2) is 0 Å². The molecule has 4 rings (SSSR count). The number of amides is 1. The van der Waals surface area contributed by atoms with Crippen LogP contribution in [-0.4, -0.2) is 39.5 Å². The van der Waals surface area contributed by atoms with E-state index in [1.165, 1.54) is 29.0 Å². The lowest BCUT2D eigenvalue weighted by Crippen LogP contribution is -2.15. The van der Waals surface area contributed by atoms with Gasteiger partial charge in [-0.15, -0.1) is 16.4 Å². The Morgan fingerprint density at radius 1 is 1.19 bits per heavy atom. The number of aryl methyl sites for hydroxylation is 2. The molecule has 4 aromatic rings. The van der Waals surface area contributed by atoms with Gasteiger partial charge in [-0.25, -0.2) is 4.52 Å². The van der Waals surface area contributed by atoms with Gasteiger partial charge < -0.3 is 4.90 Å². The van der Waals surface area contributed by atoms with Gasteiger partial charge >= 0.3 is 0 Å². The molecule has 0 radical (unpaired) electrons. The third kappa shape index (κ3) is 3.84. The summed E-state index contributed by atoms with van der Waals surface area (Å²) in [5, 5.41) is 20.4. The Kier molecular flexibility index (Phi) is 5.15. The molecule has 0 bridgehead atoms. The molecule has 0 spiro atoms. The van der Waals surface area contributed by atoms with Gasteiger partial charge in [0.1, 0.15) is 5.69 Å². The van der Waals surface area contributed by atoms with E-state index in [-0.39, 0.29) is 17.2 Å². The molecule has 0 saturated carbocycles. The molecule has 2 aromatic carbocycles. The number of hydrogen-bond donors (Lipinski definition) is 1. The molecule has 0 atom stereocenters. The van der Waals surface area contributed by atoms with Crippen LogP contribution in [0.25, 0.3) is 16.2 Å². The smallest absolute Gasteiger partial charge is 0.293 e. The highest BCUT2D eigenvalue weighted by Crippen LogP contribution is 2.30. The Balaban J connectivity index is 1.64. The summed E-state index contributed by atoms with van der Waals surface area (Å²) in [5.41, 5.74) is 4.65. The summed E-state index contributed by atoms with van der Waals surface area (Å²) in [4.78, 5) is 30.2. The molecule has 0 aliphatic rings. The lowest BCUT2D eigenvalue weighted by molar-refractivity contribution is -0.384. The van der Waals surface area contributed by atoms with Gasteiger partial charge in [-0.3, -0.25) is 20.2 Å². The van der Waals surface area contributed by atoms with Crippen molar-refractivity contribution in [2.75, 3.05) is 24.3 Å². The summed E-state index contributed by atoms with van der Waals surface area (Å²) in [6, 6.07) is 10.5. The number of nitro benzene ring substituents is 1. The minimum atomic E-state index is -0.514. The second kappa shape index (κ2) is 7.80. The number of hydrogen-bond acceptors (Lipinski definition) is 7. The number of anilines is 2. The number of aromatic nitrogens is 3. The first-order valence-electron chi connectivity index (χ1n) is 9.43. The molecule has 1 N–H and O–H groups in total. The first-order valence-corrected chi connectivity index (χ1v) is 10.3. The zero-order valence-electron chi connectivity index (χ0n) is 17.4. The average Bonchev–Trinajstić information content (AvgIpc) is 3.28. The van der Waals surface area contributed by atoms with Crippen LogP contribution in [0.15, 0.2) is 41.8 Å². The quantitative estimate of drug-likeness (QED) is 0.369. The third-order valence-corrected chi connectivity index (χ3v) is 5.70. The number of carbonyl (C=O) groups excluding carboxylic acids is 1. The topological polar surface area (TPSA) is 106 Å². The van der Waals surface area contributed by atoms with E-state index in [0.29, 0.717) is 10.6 Å². The van der Waals surface area contributed by atoms with Crippen LogP contribution in [0.5, 0.6) is 0 Å². The molecule has 10 heteroatoms. The first kappa shape index (κ1) is 20.5. The van der Waals surface area contributed by atoms with E-state index in [0.717, 1.165) is 16.8 Å². The van der Waals surface area contributed by atoms with Crippen LogP contribution in [0.2, 0.25) is 0 Å². The van der Waals surface area contributed by atoms with E-state index in [2.05, 4.69) is 21.5 Å². The van der Waals surface area contributed by atoms with Crippen molar-refractivity contribution in [2.24, 2.45) is 0 Å². The Labute approximate surface area is 182 Å². The Morgan fingerprint density at radius 3 is 2.65 bits per heavy atom. The minimum Gasteiger partial charge on any atom is -0.372 e. The van der Waals surface area contributed by atoms with Crippen LogP contribution < -0.4 is 10.2 Å². The molecule has 158 valence electrons. The molecule has 2 heterocycles. The fraction of sp³-hybridized carbons (Fsp3) is 0.190. The lowest BCUT2D eigenvalue weighted by atomic mass is 10.0. The normalized spacial score (nSPS) is 11.0. The van der Waals surface area contributed by atoms with Gasteiger partial charge in [-0.05, 0) is 31.5 Å². The summed E-state index contributed by atoms with van der Waals surface area (Å²) in [6.45, 7) is 4.08. The number of nitro groups is 1. The van der Waals surface area contributed by atoms with Gasteiger partial charge in [-0.1, -0.05) is 23.8 Å². The third-order valence-electron chi connectivity index (χ3n) is 4.88. The van der Waals surface area contributed by atoms with Crippen LogP contribution in [0.4, 0.5) is 17.3 Å². The highest BCUT2D eigenvalue weighted by molar-refractivity contribution is 7.15. The van der Waals surface area contributed by atoms with E-state index in [9.17, 15) is 14.9 Å². The van der Waals surface area contributed by atoms with Crippen molar-refractivity contribution in [2.45, 2.75) is 13.8 Å². The number of nitrogens with zero attached hydrogens (tertiary/aromatic N) is 5. The number of fused-ring (bicyclic) bond motifs is 1. The number of benzene rings is 2. The predicted octanol–water partition coefficient (Wildman–Crippen LogP) is 4.30. The number of nitrogens with one attached hydrogen (secondary N) is 1. The fourth-order valence-electron chi connectivity index (χ4n) is 3.38. The monoisotopic (exact) mass is 436 g/mol. The molecule has 2 aromatic heterocycles. The maximum atomic E-state index is 12.7. The van der Waals surface area contributed by atoms with E-state index >= 15 is 0 Å². The predicted molar refractivity (Wildman–Crippen MR) is 121 cm³/mol. The molecule has 31 heavy (non-hydrogen) atoms. The number of rotatable bonds is 5. The van der Waals surface area contributed by atoms with Crippen molar-refractivity contribution >= 4 is 39.5 Å². The number of thiazole rings is 1. The second-order valence-corrected chi connectivity index (χ2v) is 8.21. The summed E-state index contributed by atoms with van der Waals surface area (Å²) < 4.78 is 1.69. The zero-order chi connectivity index (χ0) is 22.3. The van der Waals surface area contributed by atoms with Crippen molar-refractivity contribution in [1.82, 2.24) is 14.6 Å². The second-order valence-electron chi connectivity index (χ2n) is 7.38. The molecular weight excluding hydrogens is 416 g/mol. The summed E-state index contributed by atoms with van der Waals surface area (Å²) in [7, 11) is 3.41. The van der Waals surface area contributed by atoms with Crippen molar-refractivity contribution in [3.8, 4) is 11.3 Å². The van der Waals surface area contributed by atoms with Crippen LogP contribution in [0.3, 0.4) is 0 Å². The molecule has 1 amide bonds. The highest BCUT2D eigenvalue weighted by Gasteiger charge is 2.20. The van der Waals surface area contributed by atoms with Crippen LogP contribution >= 0.6 is 11.3 Å². The van der Waals surface area contributed by atoms with Gasteiger partial charge in [0, 0.05) is 36.7 Å². The zero-order valence-corrected chi connectivity index (χ0v) is 18.2. The fourth-order valence-corrected chi connectivity index (χ4v) is 4.21. The Morgan fingerprint density at radius 2 is 1.97 bits per heavy atom. The molecule has 0 unspecified atom stereocenters. The van der Waals surface area contributed by atoms with Gasteiger partial charge in [0.2, 0.25) is 4.96 Å². The summed E-state index contributed by atoms with van der Waals surface area (Å²) >= 11 is 1.42. The molecular formula is C21H20N6O3S. The van der Waals surface area contributed by atoms with Crippen LogP contribution in [0.1, 0.15) is 21.5 Å². The van der Waals surface area contributed by atoms with E-state index < -0.39 is 10.8 Å². The molecule has 0 saturated heterocycles. The van der Waals surface area contributed by atoms with E-state index in [1.807, 2.05) is 31.4 Å². The van der Waals surface area contributed by atoms with E-state index in [1.54, 1.807) is 29.6 Å². The Bertz CT molecular complexity index is 1320. The summed E-state index contributed by atoms with van der Waals surface area (Å²) in [5.74, 6) is -0.373. The largest absolute Gasteiger partial charge is 0.372 e. The standard InChI is InChI=1S/C21H20N6O3S/c1-12-5-7-15(13(2)9-12)18-11-31-21-23-20(24-26(18)21)22-19(28)14-6-8-16(25(3)4)17(10-14)27(29)30/h5-11H,1-4H3,(H,22,24,28). The van der Waals surface area contributed by atoms with Crippen LogP contribution in [0, 0.1) is 24.0 Å². The van der Waals surface area contributed by atoms with Gasteiger partial charge in [0.05, 0.1) is 10.6 Å². The van der Waals surface area contributed by atoms with Crippen molar-refractivity contribution in [3.05, 3.63) is 68.6 Å². The lowest BCUT2D eigenvalue weighted by Gasteiger charge is -2.13. The first-order chi connectivity index (χ1) is 14.7. The molecule has 9 nitrogen and oxygen atoms in total. The maximum absolute atomic E-state index is 12.7. The minimum absolute atomic E-state index is 0.141. The van der Waals surface area contributed by atoms with Crippen molar-refractivity contribution in [1.29, 1.82) is 0 Å². The maximum Gasteiger partial charge on any atom is 0.293 e. The van der Waals surface area contributed by atoms with Gasteiger partial charge in [0.25, 0.3) is 17.5 Å².